The quantitative estimate of drug-likeness (QED) is 0.566. The molecule has 78 valence electrons. The summed E-state index contributed by atoms with van der Waals surface area (Å²) in [6, 6.07) is 0. The lowest BCUT2D eigenvalue weighted by Gasteiger charge is -2.06. The zero-order valence-electron chi connectivity index (χ0n) is 8.59. The molecule has 0 aromatic heterocycles. The van der Waals surface area contributed by atoms with Gasteiger partial charge in [0.2, 0.25) is 0 Å². The predicted octanol–water partition coefficient (Wildman–Crippen LogP) is 1.91. The second-order valence-electron chi connectivity index (χ2n) is 3.32. The lowest BCUT2D eigenvalue weighted by atomic mass is 10.2. The van der Waals surface area contributed by atoms with Crippen molar-refractivity contribution in [3.05, 3.63) is 0 Å². The minimum absolute atomic E-state index is 0.814. The maximum absolute atomic E-state index is 5.16. The van der Waals surface area contributed by atoms with Crippen molar-refractivity contribution in [3.63, 3.8) is 0 Å². The number of nitrogens with zero attached hydrogens (tertiary/aromatic N) is 1. The Morgan fingerprint density at radius 1 is 1.43 bits per heavy atom. The van der Waals surface area contributed by atoms with Crippen LogP contribution in [0.5, 0.6) is 0 Å². The van der Waals surface area contributed by atoms with E-state index in [0.29, 0.717) is 0 Å². The van der Waals surface area contributed by atoms with Crippen LogP contribution in [0, 0.1) is 12.3 Å². The smallest absolute Gasteiger partial charge is 0.0963 e. The summed E-state index contributed by atoms with van der Waals surface area (Å²) in [5.41, 5.74) is 0. The predicted molar refractivity (Wildman–Crippen MR) is 64.9 cm³/mol. The summed E-state index contributed by atoms with van der Waals surface area (Å²) < 4.78 is 0. The summed E-state index contributed by atoms with van der Waals surface area (Å²) >= 11 is 1.79. The van der Waals surface area contributed by atoms with Gasteiger partial charge in [-0.2, -0.15) is 0 Å². The standard InChI is InChI=1S/C11H18N2S/c1-2-9-14-10-8-13-11-6-4-3-5-7-12-11/h1H,3-10H2,(H,12,13). The number of terminal acetylenes is 1. The first-order valence-electron chi connectivity index (χ1n) is 5.22. The van der Waals surface area contributed by atoms with Crippen LogP contribution in [0.4, 0.5) is 0 Å². The van der Waals surface area contributed by atoms with Gasteiger partial charge in [0.15, 0.2) is 0 Å². The molecule has 1 heterocycles. The fourth-order valence-corrected chi connectivity index (χ4v) is 1.93. The Hall–Kier alpha value is -0.620. The number of hydrogen-bond donors (Lipinski definition) is 1. The molecule has 1 aliphatic rings. The van der Waals surface area contributed by atoms with E-state index in [0.717, 1.165) is 31.0 Å². The molecule has 0 amide bonds. The molecule has 0 atom stereocenters. The van der Waals surface area contributed by atoms with E-state index >= 15 is 0 Å². The minimum Gasteiger partial charge on any atom is -0.373 e. The molecule has 0 fully saturated rings. The molecule has 1 N–H and O–H groups in total. The first kappa shape index (κ1) is 11.5. The lowest BCUT2D eigenvalue weighted by molar-refractivity contribution is 0.729. The summed E-state index contributed by atoms with van der Waals surface area (Å²) in [6.07, 6.45) is 10.1. The molecule has 0 bridgehead atoms. The number of rotatable bonds is 4. The second-order valence-corrected chi connectivity index (χ2v) is 4.43. The van der Waals surface area contributed by atoms with Gasteiger partial charge >= 0.3 is 0 Å². The molecule has 3 heteroatoms. The maximum atomic E-state index is 5.16. The van der Waals surface area contributed by atoms with Gasteiger partial charge in [-0.25, -0.2) is 0 Å². The van der Waals surface area contributed by atoms with Crippen LogP contribution in [0.25, 0.3) is 0 Å². The number of thioether (sulfide) groups is 1. The van der Waals surface area contributed by atoms with Gasteiger partial charge in [0.25, 0.3) is 0 Å². The number of aliphatic imine (C=N–C) groups is 1. The number of hydrogen-bond acceptors (Lipinski definition) is 3. The number of amidine groups is 1. The van der Waals surface area contributed by atoms with Crippen LogP contribution in [0.15, 0.2) is 4.99 Å². The van der Waals surface area contributed by atoms with E-state index < -0.39 is 0 Å². The van der Waals surface area contributed by atoms with Crippen LogP contribution in [-0.2, 0) is 0 Å². The van der Waals surface area contributed by atoms with Gasteiger partial charge in [0.05, 0.1) is 11.6 Å². The molecular formula is C11H18N2S. The SMILES string of the molecule is C#CCSCCNC1=NCCCCC1. The molecule has 0 spiro atoms. The third kappa shape index (κ3) is 5.18. The van der Waals surface area contributed by atoms with Crippen molar-refractivity contribution in [1.29, 1.82) is 0 Å². The molecular weight excluding hydrogens is 192 g/mol. The first-order chi connectivity index (χ1) is 6.93. The third-order valence-electron chi connectivity index (χ3n) is 2.14. The van der Waals surface area contributed by atoms with E-state index in [9.17, 15) is 0 Å². The molecule has 0 saturated heterocycles. The third-order valence-corrected chi connectivity index (χ3v) is 3.00. The summed E-state index contributed by atoms with van der Waals surface area (Å²) in [6.45, 7) is 1.99. The highest BCUT2D eigenvalue weighted by atomic mass is 32.2. The fourth-order valence-electron chi connectivity index (χ4n) is 1.42. The van der Waals surface area contributed by atoms with Gasteiger partial charge in [0.1, 0.15) is 0 Å². The summed E-state index contributed by atoms with van der Waals surface area (Å²) in [5, 5.41) is 3.38. The molecule has 0 aromatic rings. The summed E-state index contributed by atoms with van der Waals surface area (Å²) in [7, 11) is 0. The molecule has 0 aliphatic carbocycles. The van der Waals surface area contributed by atoms with Crippen LogP contribution in [0.3, 0.4) is 0 Å². The highest BCUT2D eigenvalue weighted by Gasteiger charge is 2.02. The molecule has 0 radical (unpaired) electrons. The largest absolute Gasteiger partial charge is 0.373 e. The van der Waals surface area contributed by atoms with Crippen molar-refractivity contribution >= 4 is 17.6 Å². The van der Waals surface area contributed by atoms with E-state index in [1.165, 1.54) is 25.1 Å². The van der Waals surface area contributed by atoms with E-state index in [-0.39, 0.29) is 0 Å². The van der Waals surface area contributed by atoms with Gasteiger partial charge in [-0.1, -0.05) is 12.3 Å². The van der Waals surface area contributed by atoms with E-state index in [1.54, 1.807) is 11.8 Å². The van der Waals surface area contributed by atoms with Crippen molar-refractivity contribution in [2.45, 2.75) is 25.7 Å². The van der Waals surface area contributed by atoms with E-state index in [2.05, 4.69) is 16.2 Å². The maximum Gasteiger partial charge on any atom is 0.0963 e. The summed E-state index contributed by atoms with van der Waals surface area (Å²) in [4.78, 5) is 4.50. The Balaban J connectivity index is 2.05. The lowest BCUT2D eigenvalue weighted by Crippen LogP contribution is -2.25. The Bertz CT molecular complexity index is 218. The van der Waals surface area contributed by atoms with Gasteiger partial charge < -0.3 is 5.32 Å². The van der Waals surface area contributed by atoms with Gasteiger partial charge in [-0.3, -0.25) is 4.99 Å². The minimum atomic E-state index is 0.814. The fraction of sp³-hybridized carbons (Fsp3) is 0.727. The zero-order chi connectivity index (χ0) is 10.1. The van der Waals surface area contributed by atoms with Crippen LogP contribution in [0.1, 0.15) is 25.7 Å². The highest BCUT2D eigenvalue weighted by molar-refractivity contribution is 7.99. The van der Waals surface area contributed by atoms with Crippen molar-refractivity contribution in [3.8, 4) is 12.3 Å². The average molecular weight is 210 g/mol. The average Bonchev–Trinajstić information content (AvgIpc) is 2.46. The zero-order valence-corrected chi connectivity index (χ0v) is 9.41. The molecule has 14 heavy (non-hydrogen) atoms. The normalized spacial score (nSPS) is 16.6. The Labute approximate surface area is 91.0 Å². The molecule has 1 aliphatic heterocycles. The van der Waals surface area contributed by atoms with Crippen molar-refractivity contribution in [2.75, 3.05) is 24.6 Å². The molecule has 2 nitrogen and oxygen atoms in total. The van der Waals surface area contributed by atoms with Crippen molar-refractivity contribution in [1.82, 2.24) is 5.32 Å². The highest BCUT2D eigenvalue weighted by Crippen LogP contribution is 2.06. The van der Waals surface area contributed by atoms with Crippen LogP contribution >= 0.6 is 11.8 Å². The van der Waals surface area contributed by atoms with E-state index in [4.69, 9.17) is 6.42 Å². The topological polar surface area (TPSA) is 24.4 Å². The Morgan fingerprint density at radius 3 is 3.21 bits per heavy atom. The summed E-state index contributed by atoms with van der Waals surface area (Å²) in [5.74, 6) is 5.71. The molecule has 0 saturated carbocycles. The monoisotopic (exact) mass is 210 g/mol. The molecule has 0 unspecified atom stereocenters. The Kier molecular flexibility index (Phi) is 6.34. The van der Waals surface area contributed by atoms with Gasteiger partial charge in [-0.05, 0) is 12.8 Å². The van der Waals surface area contributed by atoms with Gasteiger partial charge in [-0.15, -0.1) is 18.2 Å². The van der Waals surface area contributed by atoms with Crippen molar-refractivity contribution < 1.29 is 0 Å². The van der Waals surface area contributed by atoms with Crippen LogP contribution in [0.2, 0.25) is 0 Å². The van der Waals surface area contributed by atoms with Crippen LogP contribution in [-0.4, -0.2) is 30.4 Å². The number of nitrogens with one attached hydrogen (secondary N) is 1. The van der Waals surface area contributed by atoms with Crippen molar-refractivity contribution in [2.24, 2.45) is 4.99 Å². The molecule has 1 rings (SSSR count). The first-order valence-corrected chi connectivity index (χ1v) is 6.37. The second kappa shape index (κ2) is 7.75. The van der Waals surface area contributed by atoms with Crippen LogP contribution < -0.4 is 5.32 Å². The van der Waals surface area contributed by atoms with E-state index in [1.807, 2.05) is 0 Å². The Morgan fingerprint density at radius 2 is 2.36 bits per heavy atom. The van der Waals surface area contributed by atoms with Gasteiger partial charge in [0, 0.05) is 25.3 Å². The molecule has 0 aromatic carbocycles.